The van der Waals surface area contributed by atoms with Gasteiger partial charge in [-0.2, -0.15) is 0 Å². The predicted molar refractivity (Wildman–Crippen MR) is 104 cm³/mol. The van der Waals surface area contributed by atoms with Crippen molar-refractivity contribution < 1.29 is 14.3 Å². The fourth-order valence-corrected chi connectivity index (χ4v) is 2.62. The minimum atomic E-state index is -0.155. The summed E-state index contributed by atoms with van der Waals surface area (Å²) >= 11 is 0. The number of pyridine rings is 1. The van der Waals surface area contributed by atoms with Crippen LogP contribution in [0, 0.1) is 0 Å². The summed E-state index contributed by atoms with van der Waals surface area (Å²) in [6.45, 7) is 2.34. The Morgan fingerprint density at radius 1 is 1.04 bits per heavy atom. The van der Waals surface area contributed by atoms with E-state index >= 15 is 0 Å². The second kappa shape index (κ2) is 8.85. The molecule has 1 amide bonds. The van der Waals surface area contributed by atoms with Crippen LogP contribution < -0.4 is 14.8 Å². The van der Waals surface area contributed by atoms with Crippen LogP contribution in [0.25, 0.3) is 0 Å². The molecule has 0 fully saturated rings. The molecule has 0 saturated heterocycles. The first-order chi connectivity index (χ1) is 13.2. The van der Waals surface area contributed by atoms with Crippen LogP contribution in [0.5, 0.6) is 11.5 Å². The average molecular weight is 362 g/mol. The molecule has 1 heterocycles. The normalized spacial score (nSPS) is 11.5. The molecule has 0 spiro atoms. The van der Waals surface area contributed by atoms with Gasteiger partial charge < -0.3 is 14.8 Å². The predicted octanol–water partition coefficient (Wildman–Crippen LogP) is 4.16. The lowest BCUT2D eigenvalue weighted by atomic mass is 10.1. The van der Waals surface area contributed by atoms with Gasteiger partial charge in [-0.3, -0.25) is 9.78 Å². The summed E-state index contributed by atoms with van der Waals surface area (Å²) in [5.41, 5.74) is 2.42. The number of carbonyl (C=O) groups is 1. The quantitative estimate of drug-likeness (QED) is 0.686. The van der Waals surface area contributed by atoms with E-state index in [9.17, 15) is 4.79 Å². The Hall–Kier alpha value is -3.34. The summed E-state index contributed by atoms with van der Waals surface area (Å²) in [5.74, 6) is 1.33. The molecule has 3 aromatic rings. The first-order valence-electron chi connectivity index (χ1n) is 8.73. The van der Waals surface area contributed by atoms with Crippen molar-refractivity contribution in [3.05, 3.63) is 89.7 Å². The van der Waals surface area contributed by atoms with E-state index in [1.54, 1.807) is 37.6 Å². The number of aromatic nitrogens is 1. The van der Waals surface area contributed by atoms with Crippen LogP contribution in [0.2, 0.25) is 0 Å². The van der Waals surface area contributed by atoms with Gasteiger partial charge in [-0.25, -0.2) is 0 Å². The first-order valence-corrected chi connectivity index (χ1v) is 8.73. The van der Waals surface area contributed by atoms with Crippen molar-refractivity contribution in [1.29, 1.82) is 0 Å². The van der Waals surface area contributed by atoms with Gasteiger partial charge in [0.15, 0.2) is 0 Å². The standard InChI is InChI=1S/C22H22N2O3/c1-16(24-22(25)17-9-11-20(26-2)12-10-17)18-6-5-8-21(14-18)27-15-19-7-3-4-13-23-19/h3-14,16H,15H2,1-2H3,(H,24,25). The zero-order chi connectivity index (χ0) is 19.1. The van der Waals surface area contributed by atoms with Crippen LogP contribution in [-0.2, 0) is 6.61 Å². The molecule has 2 aromatic carbocycles. The lowest BCUT2D eigenvalue weighted by Gasteiger charge is -2.16. The lowest BCUT2D eigenvalue weighted by Crippen LogP contribution is -2.26. The second-order valence-corrected chi connectivity index (χ2v) is 6.11. The largest absolute Gasteiger partial charge is 0.497 e. The Kier molecular flexibility index (Phi) is 6.05. The summed E-state index contributed by atoms with van der Waals surface area (Å²) in [4.78, 5) is 16.7. The van der Waals surface area contributed by atoms with Gasteiger partial charge in [0.25, 0.3) is 5.91 Å². The fourth-order valence-electron chi connectivity index (χ4n) is 2.62. The van der Waals surface area contributed by atoms with Gasteiger partial charge in [0.2, 0.25) is 0 Å². The van der Waals surface area contributed by atoms with E-state index in [1.165, 1.54) is 0 Å². The number of carbonyl (C=O) groups excluding carboxylic acids is 1. The molecule has 1 aromatic heterocycles. The smallest absolute Gasteiger partial charge is 0.251 e. The van der Waals surface area contributed by atoms with Crippen molar-refractivity contribution in [2.45, 2.75) is 19.6 Å². The third-order valence-corrected chi connectivity index (χ3v) is 4.17. The van der Waals surface area contributed by atoms with E-state index in [1.807, 2.05) is 49.4 Å². The number of amides is 1. The highest BCUT2D eigenvalue weighted by Crippen LogP contribution is 2.20. The Bertz CT molecular complexity index is 880. The van der Waals surface area contributed by atoms with E-state index in [0.29, 0.717) is 12.2 Å². The summed E-state index contributed by atoms with van der Waals surface area (Å²) < 4.78 is 10.9. The molecule has 0 aliphatic carbocycles. The summed E-state index contributed by atoms with van der Waals surface area (Å²) in [7, 11) is 1.60. The Morgan fingerprint density at radius 3 is 2.56 bits per heavy atom. The van der Waals surface area contributed by atoms with Crippen molar-refractivity contribution in [2.75, 3.05) is 7.11 Å². The number of benzene rings is 2. The van der Waals surface area contributed by atoms with Crippen LogP contribution in [0.3, 0.4) is 0 Å². The Labute approximate surface area is 159 Å². The van der Waals surface area contributed by atoms with Gasteiger partial charge in [0.05, 0.1) is 18.8 Å². The number of nitrogens with one attached hydrogen (secondary N) is 1. The molecule has 27 heavy (non-hydrogen) atoms. The van der Waals surface area contributed by atoms with E-state index in [2.05, 4.69) is 10.3 Å². The summed E-state index contributed by atoms with van der Waals surface area (Å²) in [5, 5.41) is 3.00. The van der Waals surface area contributed by atoms with E-state index in [0.717, 1.165) is 22.8 Å². The van der Waals surface area contributed by atoms with Crippen LogP contribution >= 0.6 is 0 Å². The zero-order valence-corrected chi connectivity index (χ0v) is 15.4. The highest BCUT2D eigenvalue weighted by Gasteiger charge is 2.12. The van der Waals surface area contributed by atoms with Gasteiger partial charge in [0.1, 0.15) is 18.1 Å². The highest BCUT2D eigenvalue weighted by molar-refractivity contribution is 5.94. The fraction of sp³-hybridized carbons (Fsp3) is 0.182. The number of hydrogen-bond donors (Lipinski definition) is 1. The number of ether oxygens (including phenoxy) is 2. The molecule has 3 rings (SSSR count). The van der Waals surface area contributed by atoms with Crippen LogP contribution in [0.15, 0.2) is 72.9 Å². The van der Waals surface area contributed by atoms with Crippen LogP contribution in [-0.4, -0.2) is 18.0 Å². The zero-order valence-electron chi connectivity index (χ0n) is 15.4. The summed E-state index contributed by atoms with van der Waals surface area (Å²) in [6.07, 6.45) is 1.74. The molecule has 5 heteroatoms. The Balaban J connectivity index is 1.62. The average Bonchev–Trinajstić information content (AvgIpc) is 2.73. The highest BCUT2D eigenvalue weighted by atomic mass is 16.5. The maximum atomic E-state index is 12.4. The molecule has 0 aliphatic heterocycles. The third kappa shape index (κ3) is 5.07. The van der Waals surface area contributed by atoms with E-state index in [-0.39, 0.29) is 11.9 Å². The van der Waals surface area contributed by atoms with Crippen molar-refractivity contribution in [3.63, 3.8) is 0 Å². The van der Waals surface area contributed by atoms with Gasteiger partial charge in [-0.05, 0) is 61.0 Å². The molecule has 0 radical (unpaired) electrons. The topological polar surface area (TPSA) is 60.5 Å². The third-order valence-electron chi connectivity index (χ3n) is 4.17. The molecule has 0 bridgehead atoms. The molecule has 1 unspecified atom stereocenters. The Morgan fingerprint density at radius 2 is 1.85 bits per heavy atom. The SMILES string of the molecule is COc1ccc(C(=O)NC(C)c2cccc(OCc3ccccn3)c2)cc1. The molecule has 0 saturated carbocycles. The van der Waals surface area contributed by atoms with Gasteiger partial charge >= 0.3 is 0 Å². The summed E-state index contributed by atoms with van der Waals surface area (Å²) in [6, 6.07) is 20.3. The van der Waals surface area contributed by atoms with Crippen molar-refractivity contribution in [2.24, 2.45) is 0 Å². The minimum absolute atomic E-state index is 0.134. The number of methoxy groups -OCH3 is 1. The van der Waals surface area contributed by atoms with E-state index in [4.69, 9.17) is 9.47 Å². The molecule has 138 valence electrons. The molecule has 1 N–H and O–H groups in total. The number of hydrogen-bond acceptors (Lipinski definition) is 4. The maximum Gasteiger partial charge on any atom is 0.251 e. The van der Waals surface area contributed by atoms with Gasteiger partial charge in [-0.15, -0.1) is 0 Å². The lowest BCUT2D eigenvalue weighted by molar-refractivity contribution is 0.0939. The minimum Gasteiger partial charge on any atom is -0.497 e. The van der Waals surface area contributed by atoms with Crippen LogP contribution in [0.1, 0.15) is 34.6 Å². The van der Waals surface area contributed by atoms with E-state index < -0.39 is 0 Å². The maximum absolute atomic E-state index is 12.4. The van der Waals surface area contributed by atoms with Crippen molar-refractivity contribution >= 4 is 5.91 Å². The number of rotatable bonds is 7. The first kappa shape index (κ1) is 18.5. The van der Waals surface area contributed by atoms with Gasteiger partial charge in [0, 0.05) is 11.8 Å². The van der Waals surface area contributed by atoms with Crippen LogP contribution in [0.4, 0.5) is 0 Å². The molecular weight excluding hydrogens is 340 g/mol. The monoisotopic (exact) mass is 362 g/mol. The van der Waals surface area contributed by atoms with Gasteiger partial charge in [-0.1, -0.05) is 18.2 Å². The van der Waals surface area contributed by atoms with Crippen molar-refractivity contribution in [1.82, 2.24) is 10.3 Å². The molecule has 5 nitrogen and oxygen atoms in total. The van der Waals surface area contributed by atoms with Crippen molar-refractivity contribution in [3.8, 4) is 11.5 Å². The second-order valence-electron chi connectivity index (χ2n) is 6.11. The molecule has 1 atom stereocenters. The number of nitrogens with zero attached hydrogens (tertiary/aromatic N) is 1. The molecular formula is C22H22N2O3. The molecule has 0 aliphatic rings.